The summed E-state index contributed by atoms with van der Waals surface area (Å²) >= 11 is 5.05. The van der Waals surface area contributed by atoms with Gasteiger partial charge in [0.2, 0.25) is 5.91 Å². The van der Waals surface area contributed by atoms with Gasteiger partial charge in [0, 0.05) is 19.6 Å². The third kappa shape index (κ3) is 7.06. The zero-order valence-corrected chi connectivity index (χ0v) is 12.6. The molecule has 0 aromatic heterocycles. The van der Waals surface area contributed by atoms with E-state index < -0.39 is 0 Å². The maximum absolute atomic E-state index is 11.6. The Bertz CT molecular complexity index is 426. The van der Waals surface area contributed by atoms with Crippen LogP contribution in [0.1, 0.15) is 18.9 Å². The largest absolute Gasteiger partial charge is 0.383 e. The van der Waals surface area contributed by atoms with Crippen molar-refractivity contribution in [2.24, 2.45) is 0 Å². The van der Waals surface area contributed by atoms with Crippen LogP contribution in [-0.4, -0.2) is 30.8 Å². The Labute approximate surface area is 125 Å². The van der Waals surface area contributed by atoms with Crippen molar-refractivity contribution in [3.8, 4) is 0 Å². The molecular weight excluding hydrogens is 274 g/mol. The van der Waals surface area contributed by atoms with E-state index in [1.165, 1.54) is 0 Å². The van der Waals surface area contributed by atoms with E-state index in [9.17, 15) is 4.79 Å². The van der Waals surface area contributed by atoms with Crippen LogP contribution in [0.15, 0.2) is 30.3 Å². The first-order valence-corrected chi connectivity index (χ1v) is 6.91. The third-order valence-electron chi connectivity index (χ3n) is 2.59. The number of aryl methyl sites for hydroxylation is 1. The van der Waals surface area contributed by atoms with Crippen LogP contribution in [-0.2, 0) is 16.0 Å². The van der Waals surface area contributed by atoms with Crippen molar-refractivity contribution in [3.63, 3.8) is 0 Å². The molecular formula is C14H21N3O2S. The van der Waals surface area contributed by atoms with Crippen LogP contribution >= 0.6 is 12.2 Å². The molecule has 0 unspecified atom stereocenters. The first-order chi connectivity index (χ1) is 9.61. The number of benzene rings is 1. The molecule has 110 valence electrons. The lowest BCUT2D eigenvalue weighted by atomic mass is 10.1. The fourth-order valence-electron chi connectivity index (χ4n) is 1.64. The Morgan fingerprint density at radius 2 is 2.00 bits per heavy atom. The van der Waals surface area contributed by atoms with E-state index in [4.69, 9.17) is 17.0 Å². The summed E-state index contributed by atoms with van der Waals surface area (Å²) < 4.78 is 4.98. The molecule has 0 heterocycles. The average molecular weight is 295 g/mol. The monoisotopic (exact) mass is 295 g/mol. The zero-order chi connectivity index (χ0) is 14.8. The van der Waals surface area contributed by atoms with E-state index in [0.717, 1.165) is 5.56 Å². The van der Waals surface area contributed by atoms with Crippen molar-refractivity contribution in [1.29, 1.82) is 0 Å². The van der Waals surface area contributed by atoms with E-state index in [0.29, 0.717) is 24.6 Å². The van der Waals surface area contributed by atoms with Crippen molar-refractivity contribution in [3.05, 3.63) is 35.9 Å². The van der Waals surface area contributed by atoms with E-state index in [-0.39, 0.29) is 11.9 Å². The van der Waals surface area contributed by atoms with Gasteiger partial charge in [-0.25, -0.2) is 0 Å². The number of hydrogen-bond acceptors (Lipinski definition) is 3. The summed E-state index contributed by atoms with van der Waals surface area (Å²) in [4.78, 5) is 11.6. The lowest BCUT2D eigenvalue weighted by Crippen LogP contribution is -2.50. The predicted molar refractivity (Wildman–Crippen MR) is 83.1 cm³/mol. The maximum atomic E-state index is 11.6. The van der Waals surface area contributed by atoms with Crippen molar-refractivity contribution >= 4 is 23.2 Å². The maximum Gasteiger partial charge on any atom is 0.238 e. The SMILES string of the molecule is COC[C@@H](C)NC(=S)NNC(=O)CCc1ccccc1. The molecule has 20 heavy (non-hydrogen) atoms. The Kier molecular flexibility index (Phi) is 7.60. The van der Waals surface area contributed by atoms with Crippen molar-refractivity contribution < 1.29 is 9.53 Å². The summed E-state index contributed by atoms with van der Waals surface area (Å²) in [7, 11) is 1.63. The van der Waals surface area contributed by atoms with E-state index in [1.807, 2.05) is 37.3 Å². The molecule has 0 fully saturated rings. The normalized spacial score (nSPS) is 11.5. The Morgan fingerprint density at radius 1 is 1.30 bits per heavy atom. The quantitative estimate of drug-likeness (QED) is 0.543. The number of hydrazine groups is 1. The second kappa shape index (κ2) is 9.28. The molecule has 1 atom stereocenters. The molecule has 0 aliphatic carbocycles. The minimum absolute atomic E-state index is 0.0845. The number of ether oxygens (including phenoxy) is 1. The molecule has 1 aromatic rings. The molecule has 0 aliphatic heterocycles. The number of hydrogen-bond donors (Lipinski definition) is 3. The van der Waals surface area contributed by atoms with Crippen LogP contribution in [0.2, 0.25) is 0 Å². The van der Waals surface area contributed by atoms with Gasteiger partial charge in [-0.05, 0) is 31.1 Å². The summed E-state index contributed by atoms with van der Waals surface area (Å²) in [5, 5.41) is 3.37. The van der Waals surface area contributed by atoms with Crippen LogP contribution in [0.3, 0.4) is 0 Å². The highest BCUT2D eigenvalue weighted by molar-refractivity contribution is 7.80. The summed E-state index contributed by atoms with van der Waals surface area (Å²) in [6, 6.07) is 9.96. The lowest BCUT2D eigenvalue weighted by molar-refractivity contribution is -0.121. The molecule has 1 aromatic carbocycles. The summed E-state index contributed by atoms with van der Waals surface area (Å²) in [6.45, 7) is 2.48. The minimum Gasteiger partial charge on any atom is -0.383 e. The van der Waals surface area contributed by atoms with Crippen LogP contribution in [0.25, 0.3) is 0 Å². The zero-order valence-electron chi connectivity index (χ0n) is 11.8. The molecule has 0 saturated carbocycles. The molecule has 0 bridgehead atoms. The van der Waals surface area contributed by atoms with Gasteiger partial charge in [-0.3, -0.25) is 15.6 Å². The van der Waals surface area contributed by atoms with E-state index >= 15 is 0 Å². The lowest BCUT2D eigenvalue weighted by Gasteiger charge is -2.16. The molecule has 1 amide bonds. The van der Waals surface area contributed by atoms with Crippen LogP contribution in [0, 0.1) is 0 Å². The third-order valence-corrected chi connectivity index (χ3v) is 2.81. The molecule has 0 spiro atoms. The minimum atomic E-state index is -0.0996. The Balaban J connectivity index is 2.18. The van der Waals surface area contributed by atoms with Gasteiger partial charge in [0.05, 0.1) is 6.61 Å². The van der Waals surface area contributed by atoms with Gasteiger partial charge in [0.25, 0.3) is 0 Å². The van der Waals surface area contributed by atoms with Gasteiger partial charge in [-0.15, -0.1) is 0 Å². The topological polar surface area (TPSA) is 62.4 Å². The molecule has 6 heteroatoms. The number of rotatable bonds is 6. The van der Waals surface area contributed by atoms with Gasteiger partial charge in [0.15, 0.2) is 5.11 Å². The second-order valence-electron chi connectivity index (χ2n) is 4.49. The Morgan fingerprint density at radius 3 is 2.65 bits per heavy atom. The molecule has 0 saturated heterocycles. The Hall–Kier alpha value is -1.66. The number of thiocarbonyl (C=S) groups is 1. The van der Waals surface area contributed by atoms with Gasteiger partial charge >= 0.3 is 0 Å². The van der Waals surface area contributed by atoms with Crippen LogP contribution in [0.5, 0.6) is 0 Å². The van der Waals surface area contributed by atoms with E-state index in [1.54, 1.807) is 7.11 Å². The number of methoxy groups -OCH3 is 1. The fourth-order valence-corrected chi connectivity index (χ4v) is 1.90. The number of nitrogens with one attached hydrogen (secondary N) is 3. The van der Waals surface area contributed by atoms with Crippen LogP contribution < -0.4 is 16.2 Å². The van der Waals surface area contributed by atoms with Crippen molar-refractivity contribution in [2.75, 3.05) is 13.7 Å². The summed E-state index contributed by atoms with van der Waals surface area (Å²) in [5.41, 5.74) is 6.38. The summed E-state index contributed by atoms with van der Waals surface area (Å²) in [5.74, 6) is -0.0996. The van der Waals surface area contributed by atoms with Gasteiger partial charge in [0.1, 0.15) is 0 Å². The first-order valence-electron chi connectivity index (χ1n) is 6.50. The highest BCUT2D eigenvalue weighted by Crippen LogP contribution is 2.01. The average Bonchev–Trinajstić information content (AvgIpc) is 2.44. The highest BCUT2D eigenvalue weighted by atomic mass is 32.1. The van der Waals surface area contributed by atoms with Crippen molar-refractivity contribution in [2.45, 2.75) is 25.8 Å². The molecule has 1 rings (SSSR count). The first kappa shape index (κ1) is 16.4. The second-order valence-corrected chi connectivity index (χ2v) is 4.90. The number of carbonyl (C=O) groups excluding carboxylic acids is 1. The standard InChI is InChI=1S/C14H21N3O2S/c1-11(10-19-2)15-14(20)17-16-13(18)9-8-12-6-4-3-5-7-12/h3-7,11H,8-10H2,1-2H3,(H,16,18)(H2,15,17,20)/t11-/m1/s1. The predicted octanol–water partition coefficient (Wildman–Crippen LogP) is 1.15. The number of amides is 1. The fraction of sp³-hybridized carbons (Fsp3) is 0.429. The van der Waals surface area contributed by atoms with Gasteiger partial charge in [-0.1, -0.05) is 30.3 Å². The molecule has 0 radical (unpaired) electrons. The summed E-state index contributed by atoms with van der Waals surface area (Å²) in [6.07, 6.45) is 1.11. The van der Waals surface area contributed by atoms with Gasteiger partial charge in [-0.2, -0.15) is 0 Å². The van der Waals surface area contributed by atoms with Crippen molar-refractivity contribution in [1.82, 2.24) is 16.2 Å². The molecule has 5 nitrogen and oxygen atoms in total. The molecule has 3 N–H and O–H groups in total. The van der Waals surface area contributed by atoms with Crippen LogP contribution in [0.4, 0.5) is 0 Å². The van der Waals surface area contributed by atoms with Gasteiger partial charge < -0.3 is 10.1 Å². The number of carbonyl (C=O) groups is 1. The molecule has 0 aliphatic rings. The smallest absolute Gasteiger partial charge is 0.238 e. The highest BCUT2D eigenvalue weighted by Gasteiger charge is 2.05. The van der Waals surface area contributed by atoms with E-state index in [2.05, 4.69) is 16.2 Å².